The van der Waals surface area contributed by atoms with Crippen LogP contribution >= 0.6 is 0 Å². The molecule has 2 aliphatic heterocycles. The third-order valence-corrected chi connectivity index (χ3v) is 4.89. The van der Waals surface area contributed by atoms with E-state index >= 15 is 0 Å². The average molecular weight is 431 g/mol. The van der Waals surface area contributed by atoms with Gasteiger partial charge in [0.05, 0.1) is 11.5 Å². The molecule has 12 heteroatoms. The first-order chi connectivity index (χ1) is 15.0. The number of piperidine rings is 1. The summed E-state index contributed by atoms with van der Waals surface area (Å²) in [7, 11) is 0. The summed E-state index contributed by atoms with van der Waals surface area (Å²) in [4.78, 5) is 32.9. The van der Waals surface area contributed by atoms with Gasteiger partial charge in [-0.1, -0.05) is 0 Å². The maximum atomic E-state index is 11.9. The van der Waals surface area contributed by atoms with Crippen molar-refractivity contribution in [1.29, 1.82) is 0 Å². The molecule has 0 aliphatic carbocycles. The highest BCUT2D eigenvalue weighted by Gasteiger charge is 2.31. The van der Waals surface area contributed by atoms with E-state index in [1.54, 1.807) is 30.0 Å². The van der Waals surface area contributed by atoms with E-state index in [-0.39, 0.29) is 36.8 Å². The smallest absolute Gasteiger partial charge is 0.454 e. The van der Waals surface area contributed by atoms with E-state index in [0.29, 0.717) is 43.1 Å². The van der Waals surface area contributed by atoms with Gasteiger partial charge in [0, 0.05) is 37.7 Å². The number of rotatable bonds is 6. The quantitative estimate of drug-likeness (QED) is 0.410. The van der Waals surface area contributed by atoms with Crippen molar-refractivity contribution in [3.8, 4) is 11.5 Å². The molecular weight excluding hydrogens is 410 g/mol. The summed E-state index contributed by atoms with van der Waals surface area (Å²) in [5, 5.41) is 14.8. The van der Waals surface area contributed by atoms with Crippen molar-refractivity contribution in [1.82, 2.24) is 9.97 Å². The van der Waals surface area contributed by atoms with E-state index < -0.39 is 11.1 Å². The van der Waals surface area contributed by atoms with Crippen LogP contribution in [0.15, 0.2) is 24.5 Å². The molecule has 1 fully saturated rings. The molecule has 1 saturated heterocycles. The van der Waals surface area contributed by atoms with Gasteiger partial charge in [-0.05, 0) is 19.1 Å². The predicted molar refractivity (Wildman–Crippen MR) is 108 cm³/mol. The molecule has 1 N–H and O–H groups in total. The molecule has 1 aromatic carbocycles. The maximum absolute atomic E-state index is 11.9. The van der Waals surface area contributed by atoms with Crippen molar-refractivity contribution >= 4 is 29.2 Å². The van der Waals surface area contributed by atoms with Gasteiger partial charge in [-0.2, -0.15) is 0 Å². The van der Waals surface area contributed by atoms with Crippen molar-refractivity contribution < 1.29 is 28.7 Å². The minimum Gasteiger partial charge on any atom is -0.454 e. The highest BCUT2D eigenvalue weighted by Crippen LogP contribution is 2.38. The van der Waals surface area contributed by atoms with Crippen LogP contribution in [0.3, 0.4) is 0 Å². The van der Waals surface area contributed by atoms with E-state index in [1.807, 2.05) is 0 Å². The number of fused-ring (bicyclic) bond motifs is 1. The van der Waals surface area contributed by atoms with Crippen LogP contribution < -0.4 is 19.7 Å². The Morgan fingerprint density at radius 3 is 2.81 bits per heavy atom. The largest absolute Gasteiger partial charge is 0.508 e. The lowest BCUT2D eigenvalue weighted by molar-refractivity contribution is -0.383. The van der Waals surface area contributed by atoms with Crippen molar-refractivity contribution in [2.45, 2.75) is 25.9 Å². The molecule has 0 radical (unpaired) electrons. The standard InChI is InChI=1S/C19H21N5O7/c1-2-28-19(25)31-13-5-7-23(8-6-13)18-16(24(26)27)17(20-10-21-18)22-12-3-4-14-15(9-12)30-11-29-14/h3-4,9-10,13H,2,5-8,11H2,1H3,(H,20,21,22). The first-order valence-corrected chi connectivity index (χ1v) is 9.79. The molecule has 12 nitrogen and oxygen atoms in total. The molecule has 0 amide bonds. The molecular formula is C19H21N5O7. The summed E-state index contributed by atoms with van der Waals surface area (Å²) >= 11 is 0. The Morgan fingerprint density at radius 1 is 1.29 bits per heavy atom. The molecule has 3 heterocycles. The van der Waals surface area contributed by atoms with Crippen LogP contribution in [0.1, 0.15) is 19.8 Å². The minimum absolute atomic E-state index is 0.0683. The Kier molecular flexibility index (Phi) is 5.87. The van der Waals surface area contributed by atoms with Crippen LogP contribution in [-0.2, 0) is 9.47 Å². The van der Waals surface area contributed by atoms with Crippen LogP contribution in [0.25, 0.3) is 0 Å². The Labute approximate surface area is 177 Å². The van der Waals surface area contributed by atoms with Gasteiger partial charge in [0.1, 0.15) is 12.4 Å². The van der Waals surface area contributed by atoms with Gasteiger partial charge in [0.25, 0.3) is 0 Å². The normalized spacial score (nSPS) is 15.5. The number of hydrogen-bond acceptors (Lipinski definition) is 11. The lowest BCUT2D eigenvalue weighted by atomic mass is 10.1. The summed E-state index contributed by atoms with van der Waals surface area (Å²) in [5.41, 5.74) is 0.337. The summed E-state index contributed by atoms with van der Waals surface area (Å²) < 4.78 is 20.7. The Morgan fingerprint density at radius 2 is 2.06 bits per heavy atom. The van der Waals surface area contributed by atoms with Crippen LogP contribution in [0.4, 0.5) is 27.8 Å². The zero-order valence-electron chi connectivity index (χ0n) is 16.8. The first kappa shape index (κ1) is 20.4. The molecule has 164 valence electrons. The molecule has 31 heavy (non-hydrogen) atoms. The van der Waals surface area contributed by atoms with E-state index in [4.69, 9.17) is 18.9 Å². The maximum Gasteiger partial charge on any atom is 0.508 e. The molecule has 0 unspecified atom stereocenters. The number of benzene rings is 1. The molecule has 2 aromatic rings. The fourth-order valence-electron chi connectivity index (χ4n) is 3.44. The minimum atomic E-state index is -0.704. The number of carbonyl (C=O) groups is 1. The third-order valence-electron chi connectivity index (χ3n) is 4.89. The Bertz CT molecular complexity index is 978. The van der Waals surface area contributed by atoms with Crippen LogP contribution in [0.5, 0.6) is 11.5 Å². The zero-order valence-corrected chi connectivity index (χ0v) is 16.8. The molecule has 0 saturated carbocycles. The number of aromatic nitrogens is 2. The van der Waals surface area contributed by atoms with Gasteiger partial charge >= 0.3 is 11.8 Å². The van der Waals surface area contributed by atoms with Gasteiger partial charge in [-0.3, -0.25) is 10.1 Å². The summed E-state index contributed by atoms with van der Waals surface area (Å²) in [6.07, 6.45) is 1.28. The zero-order chi connectivity index (χ0) is 21.8. The molecule has 4 rings (SSSR count). The first-order valence-electron chi connectivity index (χ1n) is 9.79. The van der Waals surface area contributed by atoms with E-state index in [1.165, 1.54) is 6.33 Å². The Hall–Kier alpha value is -3.83. The average Bonchev–Trinajstić information content (AvgIpc) is 3.22. The second-order valence-electron chi connectivity index (χ2n) is 6.83. The van der Waals surface area contributed by atoms with Crippen molar-refractivity contribution in [3.63, 3.8) is 0 Å². The second kappa shape index (κ2) is 8.90. The fraction of sp³-hybridized carbons (Fsp3) is 0.421. The summed E-state index contributed by atoms with van der Waals surface area (Å²) in [6, 6.07) is 5.12. The summed E-state index contributed by atoms with van der Waals surface area (Å²) in [6.45, 7) is 2.94. The molecule has 1 aromatic heterocycles. The molecule has 2 aliphatic rings. The number of nitrogens with zero attached hydrogens (tertiary/aromatic N) is 4. The van der Waals surface area contributed by atoms with Gasteiger partial charge in [0.15, 0.2) is 11.5 Å². The van der Waals surface area contributed by atoms with Gasteiger partial charge in [-0.25, -0.2) is 14.8 Å². The Balaban J connectivity index is 1.50. The van der Waals surface area contributed by atoms with Crippen molar-refractivity contribution in [3.05, 3.63) is 34.6 Å². The van der Waals surface area contributed by atoms with E-state index in [2.05, 4.69) is 15.3 Å². The number of carbonyl (C=O) groups excluding carboxylic acids is 1. The lowest BCUT2D eigenvalue weighted by Crippen LogP contribution is -2.38. The van der Waals surface area contributed by atoms with Crippen LogP contribution in [-0.4, -0.2) is 53.6 Å². The van der Waals surface area contributed by atoms with Gasteiger partial charge in [0.2, 0.25) is 18.4 Å². The monoisotopic (exact) mass is 431 g/mol. The topological polar surface area (TPSA) is 138 Å². The molecule has 0 atom stereocenters. The number of anilines is 3. The predicted octanol–water partition coefficient (Wildman–Crippen LogP) is 3.00. The summed E-state index contributed by atoms with van der Waals surface area (Å²) in [5.74, 6) is 1.43. The van der Waals surface area contributed by atoms with Crippen LogP contribution in [0.2, 0.25) is 0 Å². The number of nitrogens with one attached hydrogen (secondary N) is 1. The highest BCUT2D eigenvalue weighted by atomic mass is 16.7. The van der Waals surface area contributed by atoms with Crippen molar-refractivity contribution in [2.24, 2.45) is 0 Å². The molecule has 0 bridgehead atoms. The van der Waals surface area contributed by atoms with E-state index in [0.717, 1.165) is 0 Å². The third kappa shape index (κ3) is 4.52. The molecule has 0 spiro atoms. The lowest BCUT2D eigenvalue weighted by Gasteiger charge is -2.31. The fourth-order valence-corrected chi connectivity index (χ4v) is 3.44. The van der Waals surface area contributed by atoms with Crippen LogP contribution in [0, 0.1) is 10.1 Å². The SMILES string of the molecule is CCOC(=O)OC1CCN(c2ncnc(Nc3ccc4c(c3)OCO4)c2[N+](=O)[O-])CC1. The number of ether oxygens (including phenoxy) is 4. The number of hydrogen-bond donors (Lipinski definition) is 1. The second-order valence-corrected chi connectivity index (χ2v) is 6.83. The highest BCUT2D eigenvalue weighted by molar-refractivity contribution is 5.75. The van der Waals surface area contributed by atoms with E-state index in [9.17, 15) is 14.9 Å². The van der Waals surface area contributed by atoms with Crippen molar-refractivity contribution in [2.75, 3.05) is 36.7 Å². The van der Waals surface area contributed by atoms with Gasteiger partial charge in [-0.15, -0.1) is 0 Å². The van der Waals surface area contributed by atoms with Gasteiger partial charge < -0.3 is 29.2 Å². The number of nitro groups is 1.